The zero-order valence-corrected chi connectivity index (χ0v) is 15.6. The number of unbranched alkanes of at least 4 members (excludes halogenated alkanes) is 1. The van der Waals surface area contributed by atoms with Gasteiger partial charge in [0.2, 0.25) is 10.0 Å². The van der Waals surface area contributed by atoms with E-state index < -0.39 is 16.1 Å². The van der Waals surface area contributed by atoms with E-state index in [0.717, 1.165) is 12.8 Å². The van der Waals surface area contributed by atoms with Gasteiger partial charge in [-0.1, -0.05) is 19.4 Å². The van der Waals surface area contributed by atoms with Crippen LogP contribution < -0.4 is 15.8 Å². The highest BCUT2D eigenvalue weighted by molar-refractivity contribution is 7.89. The molecule has 0 aromatic heterocycles. The molecule has 1 amide bonds. The van der Waals surface area contributed by atoms with Gasteiger partial charge in [0.05, 0.1) is 4.90 Å². The van der Waals surface area contributed by atoms with Crippen molar-refractivity contribution in [2.45, 2.75) is 37.7 Å². The summed E-state index contributed by atoms with van der Waals surface area (Å²) in [7, 11) is -3.63. The van der Waals surface area contributed by atoms with Gasteiger partial charge in [-0.15, -0.1) is 12.4 Å². The first-order valence-electron chi connectivity index (χ1n) is 7.63. The Kier molecular flexibility index (Phi) is 10.8. The third-order valence-corrected chi connectivity index (χ3v) is 4.54. The van der Waals surface area contributed by atoms with Crippen LogP contribution in [0.3, 0.4) is 0 Å². The van der Waals surface area contributed by atoms with Crippen molar-refractivity contribution in [3.8, 4) is 0 Å². The normalized spacial score (nSPS) is 12.3. The molecule has 1 aromatic carbocycles. The second-order valence-electron chi connectivity index (χ2n) is 5.07. The highest BCUT2D eigenvalue weighted by Crippen LogP contribution is 2.15. The summed E-state index contributed by atoms with van der Waals surface area (Å²) in [6, 6.07) is 6.04. The van der Waals surface area contributed by atoms with E-state index in [0.29, 0.717) is 12.3 Å². The fourth-order valence-corrected chi connectivity index (χ4v) is 2.83. The van der Waals surface area contributed by atoms with Crippen LogP contribution in [0.25, 0.3) is 0 Å². The van der Waals surface area contributed by atoms with Crippen LogP contribution in [0.4, 0.5) is 5.69 Å². The van der Waals surface area contributed by atoms with Crippen LogP contribution in [0.5, 0.6) is 0 Å². The maximum absolute atomic E-state index is 12.0. The fourth-order valence-electron chi connectivity index (χ4n) is 1.74. The molecule has 1 atom stereocenters. The summed E-state index contributed by atoms with van der Waals surface area (Å²) in [6.45, 7) is 4.58. The van der Waals surface area contributed by atoms with Gasteiger partial charge in [-0.25, -0.2) is 13.1 Å². The van der Waals surface area contributed by atoms with E-state index in [2.05, 4.69) is 10.0 Å². The van der Waals surface area contributed by atoms with Crippen LogP contribution in [0.1, 0.15) is 26.7 Å². The van der Waals surface area contributed by atoms with Gasteiger partial charge in [0.25, 0.3) is 5.91 Å². The molecule has 0 saturated heterocycles. The molecule has 0 saturated carbocycles. The van der Waals surface area contributed by atoms with Crippen LogP contribution in [0.15, 0.2) is 29.2 Å². The predicted octanol–water partition coefficient (Wildman–Crippen LogP) is 1.49. The molecule has 7 nitrogen and oxygen atoms in total. The lowest BCUT2D eigenvalue weighted by atomic mass is 10.3. The van der Waals surface area contributed by atoms with Crippen LogP contribution >= 0.6 is 12.4 Å². The monoisotopic (exact) mass is 379 g/mol. The number of hydrogen-bond acceptors (Lipinski definition) is 5. The van der Waals surface area contributed by atoms with Crippen molar-refractivity contribution in [2.75, 3.05) is 25.0 Å². The molecule has 0 aliphatic heterocycles. The second kappa shape index (κ2) is 11.4. The molecule has 0 heterocycles. The molecule has 0 aliphatic rings. The summed E-state index contributed by atoms with van der Waals surface area (Å²) in [5, 5.41) is 2.66. The average Bonchev–Trinajstić information content (AvgIpc) is 2.53. The highest BCUT2D eigenvalue weighted by Gasteiger charge is 2.16. The number of nitrogens with two attached hydrogens (primary N) is 1. The van der Waals surface area contributed by atoms with E-state index in [4.69, 9.17) is 10.5 Å². The molecule has 24 heavy (non-hydrogen) atoms. The second-order valence-corrected chi connectivity index (χ2v) is 6.84. The Bertz CT molecular complexity index is 610. The van der Waals surface area contributed by atoms with Crippen LogP contribution in [-0.2, 0) is 19.6 Å². The van der Waals surface area contributed by atoms with Crippen LogP contribution in [0.2, 0.25) is 0 Å². The van der Waals surface area contributed by atoms with Gasteiger partial charge in [-0.3, -0.25) is 4.79 Å². The number of carbonyl (C=O) groups is 1. The molecule has 0 fully saturated rings. The van der Waals surface area contributed by atoms with E-state index in [1.165, 1.54) is 12.1 Å². The molecule has 4 N–H and O–H groups in total. The van der Waals surface area contributed by atoms with Crippen molar-refractivity contribution in [3.63, 3.8) is 0 Å². The Labute approximate surface area is 149 Å². The summed E-state index contributed by atoms with van der Waals surface area (Å²) < 4.78 is 31.8. The maximum atomic E-state index is 12.0. The van der Waals surface area contributed by atoms with E-state index in [-0.39, 0.29) is 36.3 Å². The number of hydrogen-bond donors (Lipinski definition) is 3. The molecule has 0 aliphatic carbocycles. The van der Waals surface area contributed by atoms with Gasteiger partial charge >= 0.3 is 0 Å². The lowest BCUT2D eigenvalue weighted by Gasteiger charge is -2.14. The van der Waals surface area contributed by atoms with Gasteiger partial charge in [0.15, 0.2) is 0 Å². The van der Waals surface area contributed by atoms with Crippen molar-refractivity contribution in [1.29, 1.82) is 0 Å². The summed E-state index contributed by atoms with van der Waals surface area (Å²) in [4.78, 5) is 12.1. The number of benzene rings is 1. The molecule has 9 heteroatoms. The van der Waals surface area contributed by atoms with Gasteiger partial charge in [-0.05, 0) is 31.5 Å². The van der Waals surface area contributed by atoms with Crippen molar-refractivity contribution >= 4 is 34.0 Å². The molecule has 1 aromatic rings. The summed E-state index contributed by atoms with van der Waals surface area (Å²) in [5.41, 5.74) is 5.69. The Morgan fingerprint density at radius 2 is 2.08 bits per heavy atom. The van der Waals surface area contributed by atoms with Crippen LogP contribution in [-0.4, -0.2) is 40.1 Å². The average molecular weight is 380 g/mol. The smallest absolute Gasteiger partial charge is 0.253 e. The van der Waals surface area contributed by atoms with Gasteiger partial charge in [0.1, 0.15) is 6.10 Å². The third kappa shape index (κ3) is 7.59. The number of amides is 1. The van der Waals surface area contributed by atoms with Crippen molar-refractivity contribution in [2.24, 2.45) is 5.73 Å². The molecule has 138 valence electrons. The zero-order chi connectivity index (χ0) is 17.3. The minimum absolute atomic E-state index is 0. The molecular formula is C15H26ClN3O4S. The summed E-state index contributed by atoms with van der Waals surface area (Å²) in [5.74, 6) is -0.314. The molecule has 0 radical (unpaired) electrons. The SMILES string of the molecule is CCCCOC(C)C(=O)Nc1cccc(S(=O)(=O)NCCN)c1.Cl. The van der Waals surface area contributed by atoms with E-state index in [1.807, 2.05) is 6.92 Å². The van der Waals surface area contributed by atoms with E-state index >= 15 is 0 Å². The fraction of sp³-hybridized carbons (Fsp3) is 0.533. The van der Waals surface area contributed by atoms with E-state index in [9.17, 15) is 13.2 Å². The predicted molar refractivity (Wildman–Crippen MR) is 96.9 cm³/mol. The van der Waals surface area contributed by atoms with Gasteiger partial charge in [0, 0.05) is 25.4 Å². The summed E-state index contributed by atoms with van der Waals surface area (Å²) in [6.07, 6.45) is 1.28. The Hall–Kier alpha value is -1.19. The molecule has 0 bridgehead atoms. The Balaban J connectivity index is 0.00000529. The number of rotatable bonds is 10. The zero-order valence-electron chi connectivity index (χ0n) is 13.9. The Morgan fingerprint density at radius 1 is 1.38 bits per heavy atom. The van der Waals surface area contributed by atoms with Crippen LogP contribution in [0, 0.1) is 0 Å². The quantitative estimate of drug-likeness (QED) is 0.533. The summed E-state index contributed by atoms with van der Waals surface area (Å²) >= 11 is 0. The molecular weight excluding hydrogens is 354 g/mol. The maximum Gasteiger partial charge on any atom is 0.253 e. The number of nitrogens with one attached hydrogen (secondary N) is 2. The lowest BCUT2D eigenvalue weighted by molar-refractivity contribution is -0.126. The standard InChI is InChI=1S/C15H25N3O4S.ClH/c1-3-4-10-22-12(2)15(19)18-13-6-5-7-14(11-13)23(20,21)17-9-8-16;/h5-7,11-12,17H,3-4,8-10,16H2,1-2H3,(H,18,19);1H. The first kappa shape index (κ1) is 22.8. The lowest BCUT2D eigenvalue weighted by Crippen LogP contribution is -2.30. The first-order chi connectivity index (χ1) is 10.9. The highest BCUT2D eigenvalue weighted by atomic mass is 35.5. The van der Waals surface area contributed by atoms with Gasteiger partial charge in [-0.2, -0.15) is 0 Å². The topological polar surface area (TPSA) is 111 Å². The molecule has 1 unspecified atom stereocenters. The molecule has 1 rings (SSSR count). The largest absolute Gasteiger partial charge is 0.369 e. The van der Waals surface area contributed by atoms with Gasteiger partial charge < -0.3 is 15.8 Å². The minimum atomic E-state index is -3.63. The van der Waals surface area contributed by atoms with Crippen molar-refractivity contribution in [1.82, 2.24) is 4.72 Å². The number of halogens is 1. The number of carbonyl (C=O) groups excluding carboxylic acids is 1. The Morgan fingerprint density at radius 3 is 2.71 bits per heavy atom. The first-order valence-corrected chi connectivity index (χ1v) is 9.11. The number of sulfonamides is 1. The number of ether oxygens (including phenoxy) is 1. The molecule has 0 spiro atoms. The number of anilines is 1. The minimum Gasteiger partial charge on any atom is -0.369 e. The third-order valence-electron chi connectivity index (χ3n) is 3.08. The van der Waals surface area contributed by atoms with E-state index in [1.54, 1.807) is 19.1 Å². The van der Waals surface area contributed by atoms with Crippen molar-refractivity contribution in [3.05, 3.63) is 24.3 Å². The van der Waals surface area contributed by atoms with Crippen molar-refractivity contribution < 1.29 is 17.9 Å².